The zero-order chi connectivity index (χ0) is 16.5. The largest absolute Gasteiger partial charge is 0.450 e. The van der Waals surface area contributed by atoms with Gasteiger partial charge in [-0.25, -0.2) is 9.97 Å². The van der Waals surface area contributed by atoms with Crippen molar-refractivity contribution in [1.82, 2.24) is 9.97 Å². The van der Waals surface area contributed by atoms with E-state index in [0.29, 0.717) is 17.9 Å². The molecule has 0 spiro atoms. The number of furan rings is 1. The average Bonchev–Trinajstić information content (AvgIpc) is 2.99. The van der Waals surface area contributed by atoms with Gasteiger partial charge in [-0.15, -0.1) is 0 Å². The van der Waals surface area contributed by atoms with Gasteiger partial charge >= 0.3 is 0 Å². The molecule has 5 nitrogen and oxygen atoms in total. The molecule has 0 aliphatic heterocycles. The molecular formula is C19H18N4O. The quantitative estimate of drug-likeness (QED) is 0.615. The third kappa shape index (κ3) is 2.54. The van der Waals surface area contributed by atoms with Crippen LogP contribution < -0.4 is 10.2 Å². The zero-order valence-corrected chi connectivity index (χ0v) is 13.7. The second-order valence-corrected chi connectivity index (χ2v) is 5.91. The number of nitrogens with zero attached hydrogens (tertiary/aromatic N) is 3. The summed E-state index contributed by atoms with van der Waals surface area (Å²) in [7, 11) is 4.07. The van der Waals surface area contributed by atoms with Gasteiger partial charge in [0.15, 0.2) is 11.4 Å². The molecule has 2 aromatic heterocycles. The Hall–Kier alpha value is -3.08. The lowest BCUT2D eigenvalue weighted by Gasteiger charge is -2.13. The summed E-state index contributed by atoms with van der Waals surface area (Å²) in [5.41, 5.74) is 4.73. The molecule has 120 valence electrons. The topological polar surface area (TPSA) is 54.2 Å². The van der Waals surface area contributed by atoms with Gasteiger partial charge in [0, 0.05) is 31.7 Å². The van der Waals surface area contributed by atoms with Crippen molar-refractivity contribution in [1.29, 1.82) is 0 Å². The number of hydrogen-bond donors (Lipinski definition) is 1. The SMILES string of the molecule is CN(C)c1ccc(CNc2ncnc3c2oc2ccccc23)cc1. The van der Waals surface area contributed by atoms with Crippen LogP contribution in [0.3, 0.4) is 0 Å². The molecular weight excluding hydrogens is 300 g/mol. The molecule has 24 heavy (non-hydrogen) atoms. The Labute approximate surface area is 139 Å². The van der Waals surface area contributed by atoms with Crippen LogP contribution in [0.15, 0.2) is 59.3 Å². The Balaban J connectivity index is 1.62. The van der Waals surface area contributed by atoms with Crippen LogP contribution in [-0.4, -0.2) is 24.1 Å². The minimum Gasteiger partial charge on any atom is -0.450 e. The number of hydrogen-bond acceptors (Lipinski definition) is 5. The van der Waals surface area contributed by atoms with E-state index in [2.05, 4.69) is 44.5 Å². The molecule has 0 amide bonds. The normalized spacial score (nSPS) is 11.1. The van der Waals surface area contributed by atoms with Gasteiger partial charge < -0.3 is 14.6 Å². The van der Waals surface area contributed by atoms with E-state index in [1.165, 1.54) is 11.3 Å². The minimum atomic E-state index is 0.677. The Bertz CT molecular complexity index is 989. The molecule has 4 rings (SSSR count). The summed E-state index contributed by atoms with van der Waals surface area (Å²) >= 11 is 0. The monoisotopic (exact) mass is 318 g/mol. The van der Waals surface area contributed by atoms with Crippen LogP contribution in [-0.2, 0) is 6.54 Å². The molecule has 0 aliphatic carbocycles. The maximum atomic E-state index is 5.93. The van der Waals surface area contributed by atoms with E-state index in [-0.39, 0.29) is 0 Å². The zero-order valence-electron chi connectivity index (χ0n) is 13.7. The summed E-state index contributed by atoms with van der Waals surface area (Å²) in [4.78, 5) is 10.8. The smallest absolute Gasteiger partial charge is 0.196 e. The Morgan fingerprint density at radius 1 is 1.00 bits per heavy atom. The van der Waals surface area contributed by atoms with Crippen LogP contribution in [0, 0.1) is 0 Å². The second-order valence-electron chi connectivity index (χ2n) is 5.91. The molecule has 2 aromatic carbocycles. The maximum Gasteiger partial charge on any atom is 0.196 e. The van der Waals surface area contributed by atoms with E-state index in [4.69, 9.17) is 4.42 Å². The Morgan fingerprint density at radius 3 is 2.58 bits per heavy atom. The van der Waals surface area contributed by atoms with Crippen molar-refractivity contribution >= 4 is 33.6 Å². The Kier molecular flexibility index (Phi) is 3.54. The van der Waals surface area contributed by atoms with Crippen LogP contribution in [0.4, 0.5) is 11.5 Å². The first kappa shape index (κ1) is 14.5. The third-order valence-corrected chi connectivity index (χ3v) is 4.07. The molecule has 0 saturated carbocycles. The lowest BCUT2D eigenvalue weighted by Crippen LogP contribution is -2.08. The van der Waals surface area contributed by atoms with Crippen LogP contribution >= 0.6 is 0 Å². The fourth-order valence-corrected chi connectivity index (χ4v) is 2.75. The van der Waals surface area contributed by atoms with Gasteiger partial charge in [-0.05, 0) is 29.8 Å². The van der Waals surface area contributed by atoms with Gasteiger partial charge in [0.2, 0.25) is 0 Å². The highest BCUT2D eigenvalue weighted by atomic mass is 16.3. The molecule has 4 aromatic rings. The molecule has 0 fully saturated rings. The van der Waals surface area contributed by atoms with Crippen molar-refractivity contribution in [2.24, 2.45) is 0 Å². The fourth-order valence-electron chi connectivity index (χ4n) is 2.75. The van der Waals surface area contributed by atoms with E-state index in [1.807, 2.05) is 38.4 Å². The molecule has 1 N–H and O–H groups in total. The summed E-state index contributed by atoms with van der Waals surface area (Å²) in [6, 6.07) is 16.3. The third-order valence-electron chi connectivity index (χ3n) is 4.07. The number of rotatable bonds is 4. The van der Waals surface area contributed by atoms with E-state index < -0.39 is 0 Å². The number of aromatic nitrogens is 2. The highest BCUT2D eigenvalue weighted by Crippen LogP contribution is 2.30. The molecule has 0 atom stereocenters. The highest BCUT2D eigenvalue weighted by Gasteiger charge is 2.12. The molecule has 0 bridgehead atoms. The van der Waals surface area contributed by atoms with Crippen molar-refractivity contribution < 1.29 is 4.42 Å². The van der Waals surface area contributed by atoms with E-state index in [1.54, 1.807) is 6.33 Å². The average molecular weight is 318 g/mol. The number of para-hydroxylation sites is 1. The van der Waals surface area contributed by atoms with Gasteiger partial charge in [-0.2, -0.15) is 0 Å². The standard InChI is InChI=1S/C19H18N4O/c1-23(2)14-9-7-13(8-10-14)11-20-19-18-17(21-12-22-19)15-5-3-4-6-16(15)24-18/h3-10,12H,11H2,1-2H3,(H,20,21,22). The lowest BCUT2D eigenvalue weighted by molar-refractivity contribution is 0.666. The molecule has 0 radical (unpaired) electrons. The van der Waals surface area contributed by atoms with Crippen molar-refractivity contribution in [3.63, 3.8) is 0 Å². The number of anilines is 2. The van der Waals surface area contributed by atoms with Gasteiger partial charge in [-0.3, -0.25) is 0 Å². The summed E-state index contributed by atoms with van der Waals surface area (Å²) in [5.74, 6) is 0.716. The van der Waals surface area contributed by atoms with Gasteiger partial charge in [0.05, 0.1) is 0 Å². The predicted octanol–water partition coefficient (Wildman–Crippen LogP) is 4.05. The summed E-state index contributed by atoms with van der Waals surface area (Å²) in [5, 5.41) is 4.36. The number of fused-ring (bicyclic) bond motifs is 3. The van der Waals surface area contributed by atoms with Crippen LogP contribution in [0.25, 0.3) is 22.1 Å². The first-order valence-corrected chi connectivity index (χ1v) is 7.85. The highest BCUT2D eigenvalue weighted by molar-refractivity contribution is 6.05. The van der Waals surface area contributed by atoms with Gasteiger partial charge in [0.25, 0.3) is 0 Å². The maximum absolute atomic E-state index is 5.93. The fraction of sp³-hybridized carbons (Fsp3) is 0.158. The van der Waals surface area contributed by atoms with Gasteiger partial charge in [0.1, 0.15) is 17.4 Å². The van der Waals surface area contributed by atoms with Gasteiger partial charge in [-0.1, -0.05) is 24.3 Å². The first-order chi connectivity index (χ1) is 11.7. The lowest BCUT2D eigenvalue weighted by atomic mass is 10.2. The number of nitrogens with one attached hydrogen (secondary N) is 1. The van der Waals surface area contributed by atoms with Crippen molar-refractivity contribution in [3.8, 4) is 0 Å². The second kappa shape index (κ2) is 5.85. The van der Waals surface area contributed by atoms with E-state index in [0.717, 1.165) is 16.5 Å². The minimum absolute atomic E-state index is 0.677. The molecule has 2 heterocycles. The van der Waals surface area contributed by atoms with Crippen molar-refractivity contribution in [2.45, 2.75) is 6.54 Å². The van der Waals surface area contributed by atoms with Crippen LogP contribution in [0.1, 0.15) is 5.56 Å². The van der Waals surface area contributed by atoms with Crippen molar-refractivity contribution in [2.75, 3.05) is 24.3 Å². The molecule has 5 heteroatoms. The summed E-state index contributed by atoms with van der Waals surface area (Å²) < 4.78 is 5.93. The predicted molar refractivity (Wildman–Crippen MR) is 97.4 cm³/mol. The van der Waals surface area contributed by atoms with E-state index >= 15 is 0 Å². The van der Waals surface area contributed by atoms with E-state index in [9.17, 15) is 0 Å². The summed E-state index contributed by atoms with van der Waals surface area (Å²) in [6.45, 7) is 0.677. The Morgan fingerprint density at radius 2 is 1.79 bits per heavy atom. The molecule has 0 saturated heterocycles. The summed E-state index contributed by atoms with van der Waals surface area (Å²) in [6.07, 6.45) is 1.57. The molecule has 0 aliphatic rings. The molecule has 0 unspecified atom stereocenters. The number of benzene rings is 2. The van der Waals surface area contributed by atoms with Crippen LogP contribution in [0.2, 0.25) is 0 Å². The first-order valence-electron chi connectivity index (χ1n) is 7.85. The van der Waals surface area contributed by atoms with Crippen LogP contribution in [0.5, 0.6) is 0 Å². The van der Waals surface area contributed by atoms with Crippen molar-refractivity contribution in [3.05, 3.63) is 60.4 Å².